The van der Waals surface area contributed by atoms with Gasteiger partial charge in [-0.25, -0.2) is 0 Å². The lowest BCUT2D eigenvalue weighted by atomic mass is 9.97. The Hall–Kier alpha value is -1.95. The molecule has 0 aliphatic rings. The third-order valence-electron chi connectivity index (χ3n) is 3.56. The van der Waals surface area contributed by atoms with Crippen molar-refractivity contribution in [1.82, 2.24) is 5.32 Å². The van der Waals surface area contributed by atoms with Gasteiger partial charge in [0.15, 0.2) is 0 Å². The highest BCUT2D eigenvalue weighted by Gasteiger charge is 2.23. The molecule has 6 nitrogen and oxygen atoms in total. The van der Waals surface area contributed by atoms with E-state index < -0.39 is 16.4 Å². The Labute approximate surface area is 118 Å². The number of carbonyl (C=O) groups is 1. The summed E-state index contributed by atoms with van der Waals surface area (Å²) in [5.41, 5.74) is -0.298. The van der Waals surface area contributed by atoms with E-state index in [0.29, 0.717) is 18.4 Å². The summed E-state index contributed by atoms with van der Waals surface area (Å²) in [7, 11) is 0. The number of aliphatic hydroxyl groups is 1. The number of nitrogens with one attached hydrogen (secondary N) is 1. The van der Waals surface area contributed by atoms with E-state index in [1.54, 1.807) is 13.0 Å². The third kappa shape index (κ3) is 3.77. The van der Waals surface area contributed by atoms with Crippen molar-refractivity contribution in [2.45, 2.75) is 39.2 Å². The Balaban J connectivity index is 2.83. The maximum atomic E-state index is 12.0. The molecule has 1 rings (SSSR count). The number of hydrogen-bond donors (Lipinski definition) is 2. The van der Waals surface area contributed by atoms with Crippen LogP contribution >= 0.6 is 0 Å². The molecule has 0 saturated carbocycles. The summed E-state index contributed by atoms with van der Waals surface area (Å²) in [5, 5.41) is 23.5. The summed E-state index contributed by atoms with van der Waals surface area (Å²) in [6, 6.07) is 4.33. The van der Waals surface area contributed by atoms with Crippen molar-refractivity contribution in [3.8, 4) is 0 Å². The summed E-state index contributed by atoms with van der Waals surface area (Å²) in [6.07, 6.45) is 1.05. The van der Waals surface area contributed by atoms with Crippen LogP contribution in [0.5, 0.6) is 0 Å². The standard InChI is InChI=1S/C14H20N2O4/c1-4-14(18,5-2)9-15-13(17)11-7-6-10(3)12(8-11)16(19)20/h6-8,18H,4-5,9H2,1-3H3,(H,15,17). The van der Waals surface area contributed by atoms with E-state index in [4.69, 9.17) is 0 Å². The molecule has 1 aromatic rings. The normalized spacial score (nSPS) is 11.2. The molecule has 0 saturated heterocycles. The Morgan fingerprint density at radius 2 is 2.00 bits per heavy atom. The van der Waals surface area contributed by atoms with Crippen molar-refractivity contribution in [1.29, 1.82) is 0 Å². The van der Waals surface area contributed by atoms with E-state index in [9.17, 15) is 20.0 Å². The predicted molar refractivity (Wildman–Crippen MR) is 75.7 cm³/mol. The van der Waals surface area contributed by atoms with Crippen LogP contribution < -0.4 is 5.32 Å². The van der Waals surface area contributed by atoms with E-state index >= 15 is 0 Å². The van der Waals surface area contributed by atoms with Crippen LogP contribution in [0.3, 0.4) is 0 Å². The molecule has 0 fully saturated rings. The molecule has 1 amide bonds. The monoisotopic (exact) mass is 280 g/mol. The van der Waals surface area contributed by atoms with E-state index in [2.05, 4.69) is 5.32 Å². The molecule has 0 heterocycles. The minimum atomic E-state index is -0.938. The van der Waals surface area contributed by atoms with Crippen molar-refractivity contribution in [2.75, 3.05) is 6.54 Å². The van der Waals surface area contributed by atoms with Crippen LogP contribution in [0.25, 0.3) is 0 Å². The molecule has 0 aromatic heterocycles. The Morgan fingerprint density at radius 1 is 1.40 bits per heavy atom. The van der Waals surface area contributed by atoms with E-state index in [1.807, 2.05) is 13.8 Å². The lowest BCUT2D eigenvalue weighted by molar-refractivity contribution is -0.385. The van der Waals surface area contributed by atoms with Crippen molar-refractivity contribution in [3.63, 3.8) is 0 Å². The number of nitrogens with zero attached hydrogens (tertiary/aromatic N) is 1. The summed E-state index contributed by atoms with van der Waals surface area (Å²) >= 11 is 0. The number of nitro benzene ring substituents is 1. The van der Waals surface area contributed by atoms with Gasteiger partial charge < -0.3 is 10.4 Å². The summed E-state index contributed by atoms with van der Waals surface area (Å²) in [6.45, 7) is 5.42. The van der Waals surface area contributed by atoms with Gasteiger partial charge in [0.25, 0.3) is 11.6 Å². The van der Waals surface area contributed by atoms with Gasteiger partial charge in [0.1, 0.15) is 0 Å². The summed E-state index contributed by atoms with van der Waals surface area (Å²) in [5.74, 6) is -0.423. The van der Waals surface area contributed by atoms with Crippen LogP contribution in [-0.4, -0.2) is 28.1 Å². The van der Waals surface area contributed by atoms with Gasteiger partial charge in [-0.1, -0.05) is 19.9 Å². The molecule has 110 valence electrons. The molecule has 0 unspecified atom stereocenters. The lowest BCUT2D eigenvalue weighted by Gasteiger charge is -2.25. The topological polar surface area (TPSA) is 92.5 Å². The Bertz CT molecular complexity index is 510. The highest BCUT2D eigenvalue weighted by molar-refractivity contribution is 5.95. The number of aryl methyl sites for hydroxylation is 1. The second-order valence-electron chi connectivity index (χ2n) is 4.87. The quantitative estimate of drug-likeness (QED) is 0.617. The summed E-state index contributed by atoms with van der Waals surface area (Å²) in [4.78, 5) is 22.3. The number of benzene rings is 1. The van der Waals surface area contributed by atoms with Crippen LogP contribution in [-0.2, 0) is 0 Å². The molecule has 2 N–H and O–H groups in total. The molecular weight excluding hydrogens is 260 g/mol. The first-order valence-corrected chi connectivity index (χ1v) is 6.58. The predicted octanol–water partition coefficient (Wildman–Crippen LogP) is 2.18. The van der Waals surface area contributed by atoms with Crippen LogP contribution in [0.1, 0.15) is 42.6 Å². The van der Waals surface area contributed by atoms with Gasteiger partial charge in [-0.15, -0.1) is 0 Å². The van der Waals surface area contributed by atoms with Crippen molar-refractivity contribution in [2.24, 2.45) is 0 Å². The average molecular weight is 280 g/mol. The number of hydrogen-bond acceptors (Lipinski definition) is 4. The first kappa shape index (κ1) is 16.1. The van der Waals surface area contributed by atoms with E-state index in [-0.39, 0.29) is 17.8 Å². The van der Waals surface area contributed by atoms with E-state index in [0.717, 1.165) is 0 Å². The van der Waals surface area contributed by atoms with Gasteiger partial charge in [-0.3, -0.25) is 14.9 Å². The smallest absolute Gasteiger partial charge is 0.273 e. The Kier molecular flexibility index (Phi) is 5.21. The maximum absolute atomic E-state index is 12.0. The lowest BCUT2D eigenvalue weighted by Crippen LogP contribution is -2.42. The largest absolute Gasteiger partial charge is 0.388 e. The summed E-state index contributed by atoms with van der Waals surface area (Å²) < 4.78 is 0. The average Bonchev–Trinajstić information content (AvgIpc) is 2.44. The van der Waals surface area contributed by atoms with Crippen molar-refractivity contribution < 1.29 is 14.8 Å². The zero-order valence-corrected chi connectivity index (χ0v) is 12.0. The Morgan fingerprint density at radius 3 is 2.50 bits per heavy atom. The molecular formula is C14H20N2O4. The molecule has 0 spiro atoms. The van der Waals surface area contributed by atoms with Crippen LogP contribution in [0.15, 0.2) is 18.2 Å². The minimum absolute atomic E-state index is 0.0844. The number of amides is 1. The molecule has 1 aromatic carbocycles. The van der Waals surface area contributed by atoms with Gasteiger partial charge >= 0.3 is 0 Å². The number of rotatable bonds is 6. The van der Waals surface area contributed by atoms with Gasteiger partial charge in [0, 0.05) is 23.7 Å². The fraction of sp³-hybridized carbons (Fsp3) is 0.500. The molecule has 6 heteroatoms. The fourth-order valence-electron chi connectivity index (χ4n) is 1.79. The molecule has 0 atom stereocenters. The van der Waals surface area contributed by atoms with Crippen molar-refractivity contribution in [3.05, 3.63) is 39.4 Å². The van der Waals surface area contributed by atoms with Crippen LogP contribution in [0, 0.1) is 17.0 Å². The second-order valence-corrected chi connectivity index (χ2v) is 4.87. The SMILES string of the molecule is CCC(O)(CC)CNC(=O)c1ccc(C)c([N+](=O)[O-])c1. The highest BCUT2D eigenvalue weighted by atomic mass is 16.6. The fourth-order valence-corrected chi connectivity index (χ4v) is 1.79. The number of carbonyl (C=O) groups excluding carboxylic acids is 1. The molecule has 0 bridgehead atoms. The van der Waals surface area contributed by atoms with Gasteiger partial charge in [0.05, 0.1) is 10.5 Å². The maximum Gasteiger partial charge on any atom is 0.273 e. The molecule has 0 aliphatic carbocycles. The van der Waals surface area contributed by atoms with Crippen molar-refractivity contribution >= 4 is 11.6 Å². The second kappa shape index (κ2) is 6.47. The molecule has 20 heavy (non-hydrogen) atoms. The van der Waals surface area contributed by atoms with Gasteiger partial charge in [-0.2, -0.15) is 0 Å². The zero-order chi connectivity index (χ0) is 15.3. The third-order valence-corrected chi connectivity index (χ3v) is 3.56. The number of nitro groups is 1. The van der Waals surface area contributed by atoms with Gasteiger partial charge in [0.2, 0.25) is 0 Å². The molecule has 0 radical (unpaired) electrons. The first-order chi connectivity index (χ1) is 9.33. The zero-order valence-electron chi connectivity index (χ0n) is 12.0. The van der Waals surface area contributed by atoms with Crippen LogP contribution in [0.4, 0.5) is 5.69 Å². The van der Waals surface area contributed by atoms with E-state index in [1.165, 1.54) is 12.1 Å². The molecule has 0 aliphatic heterocycles. The highest BCUT2D eigenvalue weighted by Crippen LogP contribution is 2.19. The van der Waals surface area contributed by atoms with Gasteiger partial charge in [-0.05, 0) is 25.8 Å². The minimum Gasteiger partial charge on any atom is -0.388 e. The first-order valence-electron chi connectivity index (χ1n) is 6.58. The van der Waals surface area contributed by atoms with Crippen LogP contribution in [0.2, 0.25) is 0 Å².